The van der Waals surface area contributed by atoms with Crippen LogP contribution in [0.4, 0.5) is 9.18 Å². The molecule has 11 rings (SSSR count). The molecule has 2 aliphatic carbocycles. The van der Waals surface area contributed by atoms with Crippen molar-refractivity contribution < 1.29 is 86.9 Å². The Kier molecular flexibility index (Phi) is 20.3. The monoisotopic (exact) mass is 1320 g/mol. The molecule has 3 aliphatic heterocycles. The third kappa shape index (κ3) is 14.0. The maximum Gasteiger partial charge on any atom is 0.407 e. The van der Waals surface area contributed by atoms with Crippen molar-refractivity contribution in [1.82, 2.24) is 52.1 Å². The van der Waals surface area contributed by atoms with E-state index in [2.05, 4.69) is 42.5 Å². The standard InChI is InChI=1S/C67H71FN10O18/c1-3-67(92)43-22-49-58-40(27-78(49)64(89)42(43)30-94-65(67)90)57-45(18-17-35-33(2)44(68)23-47(75-58)56(35)57)73-55(84)31-93-32-72-53(82)25-71-62(88)48(21-34-11-5-4-6-12-34)74-54(83)26-69-52(81)24-70-61(87)46(19-20-51(80)77-63-60(86)59(85)50(28-79)96-63)76-66(91)95-29-41-38-15-9-7-13-36(38)37-14-8-10-16-39(37)41/h4-16,22-23,41,45-46,48,50,59-60,63,79,85-86,92H,3,17-21,24-32H2,1-2H3,(H,69,81)(H,70,87)(H,71,88)(H,72,82)(H,73,84)(H,74,83)(H,76,91)(H,77,80)/t45-,46-,48-,50+,59+,60+,63?,67-/m0/s1. The van der Waals surface area contributed by atoms with Crippen LogP contribution in [-0.2, 0) is 88.9 Å². The van der Waals surface area contributed by atoms with Gasteiger partial charge in [0.05, 0.1) is 61.3 Å². The van der Waals surface area contributed by atoms with Gasteiger partial charge < -0.3 is 86.5 Å². The molecule has 4 aromatic carbocycles. The molecule has 1 saturated heterocycles. The number of esters is 1. The summed E-state index contributed by atoms with van der Waals surface area (Å²) in [6, 6.07) is 23.2. The molecule has 504 valence electrons. The molecule has 29 heteroatoms. The molecule has 12 N–H and O–H groups in total. The van der Waals surface area contributed by atoms with Crippen LogP contribution < -0.4 is 48.1 Å². The molecule has 5 aliphatic rings. The first-order valence-corrected chi connectivity index (χ1v) is 31.3. The van der Waals surface area contributed by atoms with Crippen LogP contribution in [0.2, 0.25) is 0 Å². The van der Waals surface area contributed by atoms with Gasteiger partial charge >= 0.3 is 12.1 Å². The molecule has 28 nitrogen and oxygen atoms in total. The summed E-state index contributed by atoms with van der Waals surface area (Å²) in [6.07, 6.45) is -6.92. The van der Waals surface area contributed by atoms with Gasteiger partial charge in [-0.25, -0.2) is 19.0 Å². The number of fused-ring (bicyclic) bond motifs is 8. The van der Waals surface area contributed by atoms with E-state index in [0.29, 0.717) is 57.4 Å². The van der Waals surface area contributed by atoms with E-state index in [1.54, 1.807) is 50.2 Å². The molecule has 5 heterocycles. The van der Waals surface area contributed by atoms with Gasteiger partial charge in [-0.1, -0.05) is 85.8 Å². The van der Waals surface area contributed by atoms with Gasteiger partial charge in [-0.15, -0.1) is 0 Å². The van der Waals surface area contributed by atoms with Crippen LogP contribution in [0.1, 0.15) is 94.6 Å². The molecule has 1 unspecified atom stereocenters. The summed E-state index contributed by atoms with van der Waals surface area (Å²) in [4.78, 5) is 139. The minimum Gasteiger partial charge on any atom is -0.458 e. The van der Waals surface area contributed by atoms with E-state index in [4.69, 9.17) is 23.9 Å². The normalized spacial score (nSPS) is 20.0. The number of aryl methyl sites for hydroxylation is 1. The quantitative estimate of drug-likeness (QED) is 0.0204. The number of benzene rings is 4. The number of carbonyl (C=O) groups excluding carboxylic acids is 9. The predicted octanol–water partition coefficient (Wildman–Crippen LogP) is 0.0397. The topological polar surface area (TPSA) is 403 Å². The average molecular weight is 1320 g/mol. The first-order valence-electron chi connectivity index (χ1n) is 31.3. The first-order chi connectivity index (χ1) is 46.1. The lowest BCUT2D eigenvalue weighted by molar-refractivity contribution is -0.172. The number of hydrogen-bond donors (Lipinski definition) is 12. The maximum atomic E-state index is 15.5. The number of cyclic esters (lactones) is 1. The van der Waals surface area contributed by atoms with Gasteiger partial charge in [0.25, 0.3) is 5.56 Å². The third-order valence-electron chi connectivity index (χ3n) is 18.0. The fourth-order valence-electron chi connectivity index (χ4n) is 13.0. The Morgan fingerprint density at radius 1 is 0.771 bits per heavy atom. The van der Waals surface area contributed by atoms with Crippen LogP contribution in [0.15, 0.2) is 95.8 Å². The van der Waals surface area contributed by atoms with E-state index in [-0.39, 0.29) is 61.6 Å². The number of nitrogens with zero attached hydrogens (tertiary/aromatic N) is 2. The highest BCUT2D eigenvalue weighted by molar-refractivity contribution is 5.96. The van der Waals surface area contributed by atoms with Gasteiger partial charge in [0.15, 0.2) is 11.8 Å². The number of aromatic nitrogens is 2. The Morgan fingerprint density at radius 3 is 2.12 bits per heavy atom. The summed E-state index contributed by atoms with van der Waals surface area (Å²) in [5.41, 5.74) is 5.33. The molecular formula is C67H71FN10O18. The number of aliphatic hydroxyl groups is 4. The first kappa shape index (κ1) is 67.4. The number of alkyl carbamates (subject to hydrolysis) is 1. The van der Waals surface area contributed by atoms with Crippen LogP contribution >= 0.6 is 0 Å². The molecule has 1 fully saturated rings. The van der Waals surface area contributed by atoms with E-state index >= 15 is 4.39 Å². The Bertz CT molecular complexity index is 4110. The number of pyridine rings is 2. The zero-order chi connectivity index (χ0) is 68.1. The molecule has 0 spiro atoms. The second-order valence-electron chi connectivity index (χ2n) is 24.0. The third-order valence-corrected chi connectivity index (χ3v) is 18.0. The van der Waals surface area contributed by atoms with Crippen molar-refractivity contribution in [3.05, 3.63) is 157 Å². The lowest BCUT2D eigenvalue weighted by Gasteiger charge is -2.31. The second-order valence-corrected chi connectivity index (χ2v) is 24.0. The smallest absolute Gasteiger partial charge is 0.407 e. The fraction of sp³-hybridized carbons (Fsp3) is 0.388. The number of nitrogens with one attached hydrogen (secondary N) is 8. The Hall–Kier alpha value is -10.0. The highest BCUT2D eigenvalue weighted by Crippen LogP contribution is 2.47. The van der Waals surface area contributed by atoms with E-state index in [1.165, 1.54) is 10.6 Å². The minimum absolute atomic E-state index is 0.0244. The zero-order valence-corrected chi connectivity index (χ0v) is 52.2. The Balaban J connectivity index is 0.657. The fourth-order valence-corrected chi connectivity index (χ4v) is 13.0. The minimum atomic E-state index is -2.08. The summed E-state index contributed by atoms with van der Waals surface area (Å²) in [5, 5.41) is 62.0. The molecule has 8 amide bonds. The number of amides is 8. The van der Waals surface area contributed by atoms with Gasteiger partial charge in [0.1, 0.15) is 62.8 Å². The van der Waals surface area contributed by atoms with Crippen LogP contribution in [0.5, 0.6) is 0 Å². The van der Waals surface area contributed by atoms with E-state index in [9.17, 15) is 68.4 Å². The van der Waals surface area contributed by atoms with Crippen LogP contribution in [0.3, 0.4) is 0 Å². The molecule has 96 heavy (non-hydrogen) atoms. The summed E-state index contributed by atoms with van der Waals surface area (Å²) in [7, 11) is 0. The van der Waals surface area contributed by atoms with Gasteiger partial charge in [-0.2, -0.15) is 0 Å². The highest BCUT2D eigenvalue weighted by Gasteiger charge is 2.47. The average Bonchev–Trinajstić information content (AvgIpc) is 1.49. The zero-order valence-electron chi connectivity index (χ0n) is 52.2. The van der Waals surface area contributed by atoms with Gasteiger partial charge in [-0.3, -0.25) is 38.4 Å². The summed E-state index contributed by atoms with van der Waals surface area (Å²) < 4.78 is 38.6. The van der Waals surface area contributed by atoms with Crippen LogP contribution in [-0.4, -0.2) is 166 Å². The summed E-state index contributed by atoms with van der Waals surface area (Å²) in [5.74, 6) is -7.22. The van der Waals surface area contributed by atoms with E-state index in [1.807, 2.05) is 48.5 Å². The predicted molar refractivity (Wildman–Crippen MR) is 336 cm³/mol. The van der Waals surface area contributed by atoms with Crippen molar-refractivity contribution in [3.63, 3.8) is 0 Å². The largest absolute Gasteiger partial charge is 0.458 e. The second kappa shape index (κ2) is 28.9. The number of aliphatic hydroxyl groups excluding tert-OH is 3. The molecule has 6 aromatic rings. The Morgan fingerprint density at radius 2 is 1.44 bits per heavy atom. The van der Waals surface area contributed by atoms with Crippen LogP contribution in [0.25, 0.3) is 33.4 Å². The summed E-state index contributed by atoms with van der Waals surface area (Å²) >= 11 is 0. The molecule has 2 aromatic heterocycles. The lowest BCUT2D eigenvalue weighted by atomic mass is 9.81. The molecule has 0 radical (unpaired) electrons. The number of rotatable bonds is 25. The van der Waals surface area contributed by atoms with Crippen molar-refractivity contribution in [1.29, 1.82) is 0 Å². The van der Waals surface area contributed by atoms with Crippen molar-refractivity contribution >= 4 is 64.3 Å². The van der Waals surface area contributed by atoms with Crippen molar-refractivity contribution in [2.75, 3.05) is 46.2 Å². The van der Waals surface area contributed by atoms with Gasteiger partial charge in [0.2, 0.25) is 41.4 Å². The van der Waals surface area contributed by atoms with Crippen molar-refractivity contribution in [2.24, 2.45) is 0 Å². The summed E-state index contributed by atoms with van der Waals surface area (Å²) in [6.45, 7) is -0.853. The van der Waals surface area contributed by atoms with Gasteiger partial charge in [0, 0.05) is 41.3 Å². The number of hydrogen-bond acceptors (Lipinski definition) is 19. The van der Waals surface area contributed by atoms with Gasteiger partial charge in [-0.05, 0) is 83.2 Å². The van der Waals surface area contributed by atoms with Crippen molar-refractivity contribution in [3.8, 4) is 22.5 Å². The van der Waals surface area contributed by atoms with E-state index in [0.717, 1.165) is 22.3 Å². The highest BCUT2D eigenvalue weighted by atomic mass is 19.1. The molecule has 0 bridgehead atoms. The number of carbonyl (C=O) groups is 9. The Labute approximate surface area is 547 Å². The van der Waals surface area contributed by atoms with E-state index < -0.39 is 159 Å². The molecular weight excluding hydrogens is 1250 g/mol. The maximum absolute atomic E-state index is 15.5. The van der Waals surface area contributed by atoms with Crippen LogP contribution in [0, 0.1) is 12.7 Å². The lowest BCUT2D eigenvalue weighted by Crippen LogP contribution is -2.53. The molecule has 0 saturated carbocycles. The number of ether oxygens (including phenoxy) is 4. The molecule has 8 atom stereocenters. The SMILES string of the molecule is CC[C@@]1(O)C(=O)OCc2c1cc1n(c2=O)Cc2c-1nc1cc(F)c(C)c3c1c2[C@@H](NC(=O)COCNC(=O)CNC(=O)[C@H](Cc1ccccc1)NC(=O)CNC(=O)CNC(=O)[C@H](CCC(=O)NC1O[C@H](CO)[C@@H](O)[C@H]1O)NC(=O)OCC1c2ccccc2-c2ccccc21)CC3. The van der Waals surface area contributed by atoms with Crippen molar-refractivity contribution in [2.45, 2.75) is 120 Å². The number of halogens is 1.